The van der Waals surface area contributed by atoms with Crippen LogP contribution >= 0.6 is 0 Å². The third-order valence-corrected chi connectivity index (χ3v) is 4.45. The second-order valence-corrected chi connectivity index (χ2v) is 6.40. The molecule has 2 unspecified atom stereocenters. The number of carbonyl (C=O) groups is 1. The van der Waals surface area contributed by atoms with Gasteiger partial charge in [-0.05, 0) is 35.1 Å². The fourth-order valence-electron chi connectivity index (χ4n) is 3.30. The van der Waals surface area contributed by atoms with E-state index in [1.165, 1.54) is 5.56 Å². The van der Waals surface area contributed by atoms with E-state index in [4.69, 9.17) is 4.63 Å². The monoisotopic (exact) mass is 310 g/mol. The van der Waals surface area contributed by atoms with Crippen LogP contribution in [0.2, 0.25) is 0 Å². The Bertz CT molecular complexity index is 791. The zero-order valence-electron chi connectivity index (χ0n) is 13.1. The van der Waals surface area contributed by atoms with Gasteiger partial charge in [0.15, 0.2) is 5.78 Å². The normalized spacial score (nSPS) is 23.5. The van der Waals surface area contributed by atoms with E-state index in [2.05, 4.69) is 27.9 Å². The molecule has 23 heavy (non-hydrogen) atoms. The molecule has 0 spiro atoms. The topological polar surface area (TPSA) is 80.1 Å². The number of Topliss-reactive ketones (excluding diaryl/α,β-unsaturated/α-hetero) is 1. The van der Waals surface area contributed by atoms with Gasteiger partial charge in [-0.25, -0.2) is 4.63 Å². The number of hydrogen-bond acceptors (Lipinski definition) is 6. The maximum atomic E-state index is 12.7. The lowest BCUT2D eigenvalue weighted by Gasteiger charge is -2.27. The molecule has 6 heteroatoms. The van der Waals surface area contributed by atoms with Crippen LogP contribution in [0.3, 0.4) is 0 Å². The smallest absolute Gasteiger partial charge is 0.219 e. The molecule has 1 aromatic carbocycles. The van der Waals surface area contributed by atoms with E-state index in [0.29, 0.717) is 24.0 Å². The maximum Gasteiger partial charge on any atom is 0.219 e. The highest BCUT2D eigenvalue weighted by atomic mass is 16.6. The number of aryl methyl sites for hydroxylation is 1. The first kappa shape index (κ1) is 14.0. The van der Waals surface area contributed by atoms with Crippen LogP contribution in [0.4, 0.5) is 11.6 Å². The van der Waals surface area contributed by atoms with Gasteiger partial charge < -0.3 is 10.6 Å². The third kappa shape index (κ3) is 2.40. The van der Waals surface area contributed by atoms with E-state index in [0.717, 1.165) is 23.3 Å². The number of hydrogen-bond donors (Lipinski definition) is 2. The molecular weight excluding hydrogens is 292 g/mol. The number of anilines is 2. The van der Waals surface area contributed by atoms with Gasteiger partial charge in [0, 0.05) is 17.7 Å². The molecule has 0 bridgehead atoms. The minimum Gasteiger partial charge on any atom is -0.353 e. The Balaban J connectivity index is 1.85. The Labute approximate surface area is 133 Å². The van der Waals surface area contributed by atoms with Gasteiger partial charge in [0.1, 0.15) is 0 Å². The predicted octanol–water partition coefficient (Wildman–Crippen LogP) is 3.21. The first-order valence-electron chi connectivity index (χ1n) is 7.80. The molecule has 1 aromatic heterocycles. The summed E-state index contributed by atoms with van der Waals surface area (Å²) in [5.41, 5.74) is 3.92. The Kier molecular flexibility index (Phi) is 3.18. The Morgan fingerprint density at radius 1 is 1.13 bits per heavy atom. The van der Waals surface area contributed by atoms with E-state index in [9.17, 15) is 4.79 Å². The molecule has 6 nitrogen and oxygen atoms in total. The summed E-state index contributed by atoms with van der Waals surface area (Å²) in [5, 5.41) is 14.4. The Morgan fingerprint density at radius 3 is 2.65 bits per heavy atom. The lowest BCUT2D eigenvalue weighted by Crippen LogP contribution is -2.26. The van der Waals surface area contributed by atoms with E-state index in [-0.39, 0.29) is 11.8 Å². The van der Waals surface area contributed by atoms with Crippen LogP contribution in [0.25, 0.3) is 0 Å². The van der Waals surface area contributed by atoms with Crippen molar-refractivity contribution in [2.24, 2.45) is 5.92 Å². The fraction of sp³-hybridized carbons (Fsp3) is 0.353. The average molecular weight is 310 g/mol. The van der Waals surface area contributed by atoms with Crippen molar-refractivity contribution in [2.45, 2.75) is 32.7 Å². The molecule has 0 saturated carbocycles. The Hall–Kier alpha value is -2.63. The number of nitrogens with zero attached hydrogens (tertiary/aromatic N) is 2. The molecule has 2 atom stereocenters. The summed E-state index contributed by atoms with van der Waals surface area (Å²) in [5.74, 6) is 1.56. The van der Waals surface area contributed by atoms with Crippen LogP contribution in [0, 0.1) is 12.8 Å². The predicted molar refractivity (Wildman–Crippen MR) is 85.9 cm³/mol. The van der Waals surface area contributed by atoms with Crippen molar-refractivity contribution in [3.63, 3.8) is 0 Å². The van der Waals surface area contributed by atoms with Gasteiger partial charge in [0.25, 0.3) is 0 Å². The number of fused-ring (bicyclic) bond motifs is 1. The minimum absolute atomic E-state index is 0.173. The quantitative estimate of drug-likeness (QED) is 0.842. The van der Waals surface area contributed by atoms with E-state index < -0.39 is 0 Å². The highest BCUT2D eigenvalue weighted by Gasteiger charge is 2.35. The summed E-state index contributed by atoms with van der Waals surface area (Å²) in [7, 11) is 0. The van der Waals surface area contributed by atoms with Gasteiger partial charge >= 0.3 is 0 Å². The number of ketones is 1. The highest BCUT2D eigenvalue weighted by Crippen LogP contribution is 2.40. The average Bonchev–Trinajstić information content (AvgIpc) is 2.87. The molecule has 0 saturated heterocycles. The van der Waals surface area contributed by atoms with Crippen molar-refractivity contribution in [3.05, 3.63) is 46.7 Å². The maximum absolute atomic E-state index is 12.7. The standard InChI is InChI=1S/C17H18N4O2/c1-9-3-5-11(6-4-9)15-14-12(7-10(2)8-13(14)22)18-16-17(19-15)21-23-20-16/h3-6,10,15H,7-8H2,1-2H3,(H,18,20)(H,19,21). The molecule has 2 aliphatic rings. The van der Waals surface area contributed by atoms with Crippen molar-refractivity contribution in [1.82, 2.24) is 10.3 Å². The molecular formula is C17H18N4O2. The van der Waals surface area contributed by atoms with E-state index in [1.807, 2.05) is 31.2 Å². The SMILES string of the molecule is Cc1ccc(C2Nc3nonc3NC3=C2C(=O)CC(C)C3)cc1. The number of benzene rings is 1. The van der Waals surface area contributed by atoms with Gasteiger partial charge in [-0.15, -0.1) is 0 Å². The summed E-state index contributed by atoms with van der Waals surface area (Å²) in [6, 6.07) is 7.94. The van der Waals surface area contributed by atoms with E-state index >= 15 is 0 Å². The molecule has 2 N–H and O–H groups in total. The first-order chi connectivity index (χ1) is 11.1. The Morgan fingerprint density at radius 2 is 1.87 bits per heavy atom. The third-order valence-electron chi connectivity index (χ3n) is 4.45. The molecule has 0 fully saturated rings. The van der Waals surface area contributed by atoms with Gasteiger partial charge in [-0.3, -0.25) is 4.79 Å². The molecule has 1 aliphatic carbocycles. The van der Waals surface area contributed by atoms with Crippen molar-refractivity contribution in [3.8, 4) is 0 Å². The minimum atomic E-state index is -0.244. The largest absolute Gasteiger partial charge is 0.353 e. The summed E-state index contributed by atoms with van der Waals surface area (Å²) >= 11 is 0. The summed E-state index contributed by atoms with van der Waals surface area (Å²) in [6.45, 7) is 4.13. The van der Waals surface area contributed by atoms with Crippen LogP contribution in [0.1, 0.15) is 36.9 Å². The molecule has 2 aromatic rings. The molecule has 0 radical (unpaired) electrons. The van der Waals surface area contributed by atoms with Crippen molar-refractivity contribution in [1.29, 1.82) is 0 Å². The molecule has 2 heterocycles. The molecule has 118 valence electrons. The number of rotatable bonds is 1. The number of allylic oxidation sites excluding steroid dienone is 1. The second-order valence-electron chi connectivity index (χ2n) is 6.40. The lowest BCUT2D eigenvalue weighted by molar-refractivity contribution is -0.117. The van der Waals surface area contributed by atoms with Crippen LogP contribution in [-0.4, -0.2) is 16.1 Å². The van der Waals surface area contributed by atoms with Crippen LogP contribution in [0.15, 0.2) is 40.2 Å². The zero-order valence-corrected chi connectivity index (χ0v) is 13.1. The highest BCUT2D eigenvalue weighted by molar-refractivity contribution is 6.00. The second kappa shape index (κ2) is 5.22. The van der Waals surface area contributed by atoms with Crippen LogP contribution in [-0.2, 0) is 4.79 Å². The number of nitrogens with one attached hydrogen (secondary N) is 2. The fourth-order valence-corrected chi connectivity index (χ4v) is 3.30. The summed E-state index contributed by atoms with van der Waals surface area (Å²) < 4.78 is 4.83. The first-order valence-corrected chi connectivity index (χ1v) is 7.80. The van der Waals surface area contributed by atoms with E-state index in [1.54, 1.807) is 0 Å². The van der Waals surface area contributed by atoms with Gasteiger partial charge in [0.2, 0.25) is 11.6 Å². The van der Waals surface area contributed by atoms with Crippen molar-refractivity contribution in [2.75, 3.05) is 10.6 Å². The lowest BCUT2D eigenvalue weighted by atomic mass is 9.82. The number of aromatic nitrogens is 2. The molecule has 1 aliphatic heterocycles. The van der Waals surface area contributed by atoms with Crippen molar-refractivity contribution >= 4 is 17.4 Å². The van der Waals surface area contributed by atoms with Gasteiger partial charge in [-0.2, -0.15) is 0 Å². The van der Waals surface area contributed by atoms with Crippen molar-refractivity contribution < 1.29 is 9.42 Å². The van der Waals surface area contributed by atoms with Crippen LogP contribution < -0.4 is 10.6 Å². The number of carbonyl (C=O) groups excluding carboxylic acids is 1. The zero-order chi connectivity index (χ0) is 16.0. The molecule has 4 rings (SSSR count). The van der Waals surface area contributed by atoms with Crippen LogP contribution in [0.5, 0.6) is 0 Å². The van der Waals surface area contributed by atoms with Gasteiger partial charge in [-0.1, -0.05) is 36.8 Å². The summed E-state index contributed by atoms with van der Waals surface area (Å²) in [4.78, 5) is 12.7. The summed E-state index contributed by atoms with van der Waals surface area (Å²) in [6.07, 6.45) is 1.39. The van der Waals surface area contributed by atoms with Gasteiger partial charge in [0.05, 0.1) is 6.04 Å². The molecule has 0 amide bonds.